The van der Waals surface area contributed by atoms with Crippen LogP contribution >= 0.6 is 0 Å². The van der Waals surface area contributed by atoms with Crippen LogP contribution < -0.4 is 25.3 Å². The number of amides is 1. The van der Waals surface area contributed by atoms with Crippen LogP contribution in [0, 0.1) is 11.2 Å². The van der Waals surface area contributed by atoms with E-state index < -0.39 is 11.2 Å². The highest BCUT2D eigenvalue weighted by Crippen LogP contribution is 2.48. The van der Waals surface area contributed by atoms with Crippen LogP contribution in [0.3, 0.4) is 0 Å². The van der Waals surface area contributed by atoms with E-state index in [1.807, 2.05) is 6.07 Å². The third-order valence-corrected chi connectivity index (χ3v) is 7.75. The van der Waals surface area contributed by atoms with E-state index in [-0.39, 0.29) is 35.0 Å². The Kier molecular flexibility index (Phi) is 6.83. The Morgan fingerprint density at radius 1 is 0.976 bits per heavy atom. The molecule has 1 amide bonds. The zero-order chi connectivity index (χ0) is 28.6. The number of nitrogens with zero attached hydrogens (tertiary/aromatic N) is 1. The van der Waals surface area contributed by atoms with Crippen molar-refractivity contribution in [2.24, 2.45) is 11.1 Å². The van der Waals surface area contributed by atoms with Gasteiger partial charge in [0.25, 0.3) is 0 Å². The minimum atomic E-state index is -1.11. The summed E-state index contributed by atoms with van der Waals surface area (Å²) in [4.78, 5) is 30.4. The topological polar surface area (TPSA) is 113 Å². The molecule has 8 nitrogen and oxygen atoms in total. The van der Waals surface area contributed by atoms with Crippen LogP contribution in [0.15, 0.2) is 72.9 Å². The lowest BCUT2D eigenvalue weighted by molar-refractivity contribution is -0.132. The summed E-state index contributed by atoms with van der Waals surface area (Å²) in [6.45, 7) is 0.387. The predicted octanol–water partition coefficient (Wildman–Crippen LogP) is 5.58. The van der Waals surface area contributed by atoms with Crippen molar-refractivity contribution in [3.05, 3.63) is 84.3 Å². The minimum Gasteiger partial charge on any atom is -0.493 e. The van der Waals surface area contributed by atoms with Gasteiger partial charge < -0.3 is 25.3 Å². The number of hydrogen-bond acceptors (Lipinski definition) is 7. The lowest BCUT2D eigenvalue weighted by atomic mass is 9.93. The first-order valence-electron chi connectivity index (χ1n) is 13.5. The molecule has 2 fully saturated rings. The van der Waals surface area contributed by atoms with Gasteiger partial charge in [-0.05, 0) is 61.6 Å². The Morgan fingerprint density at radius 2 is 1.76 bits per heavy atom. The van der Waals surface area contributed by atoms with Crippen molar-refractivity contribution >= 4 is 28.3 Å². The number of carbonyl (C=O) groups is 2. The Bertz CT molecular complexity index is 1630. The molecular formula is C32H30FN3O5. The molecular weight excluding hydrogens is 525 g/mol. The van der Waals surface area contributed by atoms with Crippen molar-refractivity contribution in [2.45, 2.75) is 37.6 Å². The molecule has 3 aromatic carbocycles. The second kappa shape index (κ2) is 10.5. The SMILES string of the molecule is COc1cc2c(Oc3ccc(CC(=O)C4(C(=O)Nc5ccccc5)CC4)c(F)c3)ccnc2cc1OCC1(N)CC1. The van der Waals surface area contributed by atoms with Crippen molar-refractivity contribution in [1.82, 2.24) is 4.98 Å². The monoisotopic (exact) mass is 555 g/mol. The maximum Gasteiger partial charge on any atom is 0.238 e. The zero-order valence-electron chi connectivity index (χ0n) is 22.6. The van der Waals surface area contributed by atoms with Crippen LogP contribution in [0.1, 0.15) is 31.2 Å². The van der Waals surface area contributed by atoms with Crippen LogP contribution in [0.2, 0.25) is 0 Å². The highest BCUT2D eigenvalue weighted by molar-refractivity contribution is 6.14. The smallest absolute Gasteiger partial charge is 0.238 e. The highest BCUT2D eigenvalue weighted by Gasteiger charge is 2.55. The van der Waals surface area contributed by atoms with E-state index in [2.05, 4.69) is 10.3 Å². The first-order chi connectivity index (χ1) is 19.8. The van der Waals surface area contributed by atoms with E-state index in [0.29, 0.717) is 53.3 Å². The van der Waals surface area contributed by atoms with Crippen molar-refractivity contribution in [1.29, 1.82) is 0 Å². The molecule has 0 atom stereocenters. The van der Waals surface area contributed by atoms with E-state index in [1.165, 1.54) is 12.1 Å². The molecule has 1 aromatic heterocycles. The maximum absolute atomic E-state index is 15.1. The molecule has 41 heavy (non-hydrogen) atoms. The maximum atomic E-state index is 15.1. The van der Waals surface area contributed by atoms with E-state index in [4.69, 9.17) is 19.9 Å². The number of Topliss-reactive ketones (excluding diaryl/α,β-unsaturated/α-hetero) is 1. The molecule has 0 bridgehead atoms. The van der Waals surface area contributed by atoms with Gasteiger partial charge in [0.15, 0.2) is 17.3 Å². The molecule has 6 rings (SSSR count). The molecule has 9 heteroatoms. The summed E-state index contributed by atoms with van der Waals surface area (Å²) in [6, 6.07) is 18.5. The van der Waals surface area contributed by atoms with Gasteiger partial charge in [0.2, 0.25) is 5.91 Å². The van der Waals surface area contributed by atoms with Gasteiger partial charge in [0.05, 0.1) is 18.2 Å². The number of ketones is 1. The van der Waals surface area contributed by atoms with Crippen LogP contribution in [-0.4, -0.2) is 35.9 Å². The number of anilines is 1. The van der Waals surface area contributed by atoms with Gasteiger partial charge in [-0.2, -0.15) is 0 Å². The molecule has 0 radical (unpaired) electrons. The first-order valence-corrected chi connectivity index (χ1v) is 13.5. The summed E-state index contributed by atoms with van der Waals surface area (Å²) in [6.07, 6.45) is 4.16. The molecule has 1 heterocycles. The number of halogens is 1. The molecule has 0 spiro atoms. The Morgan fingerprint density at radius 3 is 2.44 bits per heavy atom. The number of nitrogens with one attached hydrogen (secondary N) is 1. The largest absolute Gasteiger partial charge is 0.493 e. The summed E-state index contributed by atoms with van der Waals surface area (Å²) in [5.41, 5.74) is 6.20. The van der Waals surface area contributed by atoms with E-state index >= 15 is 4.39 Å². The van der Waals surface area contributed by atoms with Crippen molar-refractivity contribution in [3.63, 3.8) is 0 Å². The summed E-state index contributed by atoms with van der Waals surface area (Å²) >= 11 is 0. The number of nitrogens with two attached hydrogens (primary N) is 1. The molecule has 2 saturated carbocycles. The number of carbonyl (C=O) groups excluding carboxylic acids is 2. The average molecular weight is 556 g/mol. The second-order valence-corrected chi connectivity index (χ2v) is 10.8. The Labute approximate surface area is 236 Å². The molecule has 2 aliphatic carbocycles. The van der Waals surface area contributed by atoms with Gasteiger partial charge >= 0.3 is 0 Å². The molecule has 210 valence electrons. The third-order valence-electron chi connectivity index (χ3n) is 7.75. The average Bonchev–Trinajstić information content (AvgIpc) is 3.91. The molecule has 0 aliphatic heterocycles. The van der Waals surface area contributed by atoms with Gasteiger partial charge in [-0.3, -0.25) is 14.6 Å². The van der Waals surface area contributed by atoms with Crippen LogP contribution in [-0.2, 0) is 16.0 Å². The number of benzene rings is 3. The summed E-state index contributed by atoms with van der Waals surface area (Å²) in [5, 5.41) is 3.46. The fraction of sp³-hybridized carbons (Fsp3) is 0.281. The highest BCUT2D eigenvalue weighted by atomic mass is 19.1. The number of methoxy groups -OCH3 is 1. The van der Waals surface area contributed by atoms with Crippen LogP contribution in [0.4, 0.5) is 10.1 Å². The molecule has 3 N–H and O–H groups in total. The fourth-order valence-electron chi connectivity index (χ4n) is 4.75. The summed E-state index contributed by atoms with van der Waals surface area (Å²) in [5.74, 6) is 0.515. The van der Waals surface area contributed by atoms with Crippen molar-refractivity contribution in [2.75, 3.05) is 19.0 Å². The molecule has 4 aromatic rings. The molecule has 0 unspecified atom stereocenters. The number of pyridine rings is 1. The summed E-state index contributed by atoms with van der Waals surface area (Å²) < 4.78 is 32.6. The minimum absolute atomic E-state index is 0.184. The predicted molar refractivity (Wildman–Crippen MR) is 152 cm³/mol. The van der Waals surface area contributed by atoms with E-state index in [9.17, 15) is 9.59 Å². The standard InChI is InChI=1S/C32H30FN3O5/c1-39-27-17-23-25(18-28(27)40-19-31(34)10-11-31)35-14-9-26(23)41-22-8-7-20(24(33)16-22)15-29(37)32(12-13-32)30(38)36-21-5-3-2-4-6-21/h2-9,14,16-18H,10-13,15,19,34H2,1H3,(H,36,38). The number of aromatic nitrogens is 1. The number of fused-ring (bicyclic) bond motifs is 1. The molecule has 2 aliphatic rings. The number of hydrogen-bond donors (Lipinski definition) is 2. The van der Waals surface area contributed by atoms with Crippen molar-refractivity contribution in [3.8, 4) is 23.0 Å². The summed E-state index contributed by atoms with van der Waals surface area (Å²) in [7, 11) is 1.55. The van der Waals surface area contributed by atoms with Gasteiger partial charge in [-0.1, -0.05) is 24.3 Å². The van der Waals surface area contributed by atoms with Crippen molar-refractivity contribution < 1.29 is 28.2 Å². The van der Waals surface area contributed by atoms with E-state index in [0.717, 1.165) is 12.8 Å². The lowest BCUT2D eigenvalue weighted by Gasteiger charge is -2.16. The number of rotatable bonds is 11. The first kappa shape index (κ1) is 26.7. The Balaban J connectivity index is 1.16. The lowest BCUT2D eigenvalue weighted by Crippen LogP contribution is -2.32. The van der Waals surface area contributed by atoms with Gasteiger partial charge in [-0.25, -0.2) is 4.39 Å². The molecule has 0 saturated heterocycles. The normalized spacial score (nSPS) is 16.1. The quantitative estimate of drug-likeness (QED) is 0.233. The second-order valence-electron chi connectivity index (χ2n) is 10.8. The third kappa shape index (κ3) is 5.58. The number of para-hydroxylation sites is 1. The van der Waals surface area contributed by atoms with E-state index in [1.54, 1.807) is 61.8 Å². The van der Waals surface area contributed by atoms with Gasteiger partial charge in [0, 0.05) is 35.8 Å². The Hall–Kier alpha value is -4.50. The van der Waals surface area contributed by atoms with Gasteiger partial charge in [-0.15, -0.1) is 0 Å². The van der Waals surface area contributed by atoms with Crippen LogP contribution in [0.25, 0.3) is 10.9 Å². The fourth-order valence-corrected chi connectivity index (χ4v) is 4.75. The van der Waals surface area contributed by atoms with Gasteiger partial charge in [0.1, 0.15) is 29.3 Å². The van der Waals surface area contributed by atoms with Crippen LogP contribution in [0.5, 0.6) is 23.0 Å². The number of ether oxygens (including phenoxy) is 3. The zero-order valence-corrected chi connectivity index (χ0v) is 22.6.